The third-order valence-corrected chi connectivity index (χ3v) is 9.45. The number of fused-ring (bicyclic) bond motifs is 4. The highest BCUT2D eigenvalue weighted by Crippen LogP contribution is 2.40. The van der Waals surface area contributed by atoms with Crippen molar-refractivity contribution in [2.75, 3.05) is 19.0 Å². The van der Waals surface area contributed by atoms with Gasteiger partial charge >= 0.3 is 0 Å². The minimum atomic E-state index is -0.0141. The van der Waals surface area contributed by atoms with Crippen molar-refractivity contribution in [3.05, 3.63) is 54.1 Å². The van der Waals surface area contributed by atoms with Gasteiger partial charge in [0.2, 0.25) is 5.82 Å². The molecule has 0 radical (unpaired) electrons. The zero-order valence-electron chi connectivity index (χ0n) is 24.6. The molecule has 8 rings (SSSR count). The van der Waals surface area contributed by atoms with Crippen LogP contribution in [0.1, 0.15) is 41.9 Å². The van der Waals surface area contributed by atoms with E-state index in [0.29, 0.717) is 46.7 Å². The molecule has 1 aromatic carbocycles. The quantitative estimate of drug-likeness (QED) is 0.287. The topological polar surface area (TPSA) is 153 Å². The number of methoxy groups -OCH3 is 1. The maximum atomic E-state index is 13.7. The number of hydrogen-bond donors (Lipinski definition) is 2. The van der Waals surface area contributed by atoms with E-state index in [4.69, 9.17) is 25.7 Å². The lowest BCUT2D eigenvalue weighted by Crippen LogP contribution is -2.41. The van der Waals surface area contributed by atoms with Crippen molar-refractivity contribution in [3.63, 3.8) is 0 Å². The summed E-state index contributed by atoms with van der Waals surface area (Å²) >= 11 is 0. The van der Waals surface area contributed by atoms with Crippen molar-refractivity contribution in [1.29, 1.82) is 5.26 Å². The highest BCUT2D eigenvalue weighted by molar-refractivity contribution is 6.00. The van der Waals surface area contributed by atoms with Crippen LogP contribution in [0.4, 0.5) is 11.5 Å². The Hall–Kier alpha value is -5.02. The van der Waals surface area contributed by atoms with E-state index in [2.05, 4.69) is 25.9 Å². The molecule has 44 heavy (non-hydrogen) atoms. The van der Waals surface area contributed by atoms with Crippen LogP contribution in [0, 0.1) is 23.2 Å². The van der Waals surface area contributed by atoms with E-state index in [9.17, 15) is 4.79 Å². The molecule has 4 aromatic heterocycles. The second-order valence-corrected chi connectivity index (χ2v) is 12.2. The maximum absolute atomic E-state index is 13.7. The molecule has 5 aromatic rings. The molecular weight excluding hydrogens is 556 g/mol. The monoisotopic (exact) mass is 588 g/mol. The van der Waals surface area contributed by atoms with E-state index in [-0.39, 0.29) is 23.8 Å². The summed E-state index contributed by atoms with van der Waals surface area (Å²) in [6.45, 7) is 1.54. The van der Waals surface area contributed by atoms with Gasteiger partial charge in [-0.15, -0.1) is 0 Å². The second-order valence-electron chi connectivity index (χ2n) is 12.2. The molecule has 0 spiro atoms. The number of pyridine rings is 1. The number of nitriles is 1. The largest absolute Gasteiger partial charge is 0.494 e. The van der Waals surface area contributed by atoms with Gasteiger partial charge in [-0.2, -0.15) is 5.26 Å². The van der Waals surface area contributed by atoms with Gasteiger partial charge in [0.05, 0.1) is 36.4 Å². The van der Waals surface area contributed by atoms with E-state index >= 15 is 0 Å². The number of hydrogen-bond acceptors (Lipinski definition) is 9. The zero-order chi connectivity index (χ0) is 30.1. The lowest BCUT2D eigenvalue weighted by molar-refractivity contribution is 0.0700. The number of ether oxygens (including phenoxy) is 1. The molecule has 2 bridgehead atoms. The van der Waals surface area contributed by atoms with Gasteiger partial charge in [-0.1, -0.05) is 0 Å². The number of imidazole rings is 1. The van der Waals surface area contributed by atoms with Crippen molar-refractivity contribution in [1.82, 2.24) is 34.0 Å². The van der Waals surface area contributed by atoms with E-state index in [1.165, 1.54) is 12.8 Å². The van der Waals surface area contributed by atoms with E-state index in [1.807, 2.05) is 46.8 Å². The molecule has 1 amide bonds. The van der Waals surface area contributed by atoms with Crippen LogP contribution in [-0.2, 0) is 13.6 Å². The van der Waals surface area contributed by atoms with Crippen LogP contribution in [0.3, 0.4) is 0 Å². The summed E-state index contributed by atoms with van der Waals surface area (Å²) in [5, 5.41) is 13.3. The molecule has 2 aliphatic carbocycles. The van der Waals surface area contributed by atoms with Crippen LogP contribution >= 0.6 is 0 Å². The fourth-order valence-electron chi connectivity index (χ4n) is 6.99. The Morgan fingerprint density at radius 1 is 1.14 bits per heavy atom. The van der Waals surface area contributed by atoms with Crippen molar-refractivity contribution < 1.29 is 9.53 Å². The number of rotatable bonds is 7. The van der Waals surface area contributed by atoms with E-state index in [0.717, 1.165) is 47.5 Å². The summed E-state index contributed by atoms with van der Waals surface area (Å²) in [7, 11) is 3.61. The first-order valence-electron chi connectivity index (χ1n) is 15.0. The van der Waals surface area contributed by atoms with E-state index in [1.54, 1.807) is 19.5 Å². The number of nitrogens with zero attached hydrogens (tertiary/aromatic N) is 8. The molecule has 3 fully saturated rings. The predicted molar refractivity (Wildman–Crippen MR) is 164 cm³/mol. The summed E-state index contributed by atoms with van der Waals surface area (Å²) in [5.41, 5.74) is 11.0. The number of aromatic nitrogens is 6. The normalized spacial score (nSPS) is 20.9. The fraction of sp³-hybridized carbons (Fsp3) is 0.375. The molecule has 12 heteroatoms. The number of benzene rings is 1. The highest BCUT2D eigenvalue weighted by atomic mass is 16.5. The Morgan fingerprint density at radius 2 is 1.95 bits per heavy atom. The highest BCUT2D eigenvalue weighted by Gasteiger charge is 2.47. The molecule has 222 valence electrons. The first-order chi connectivity index (χ1) is 21.4. The first-order valence-corrected chi connectivity index (χ1v) is 15.0. The van der Waals surface area contributed by atoms with Gasteiger partial charge < -0.3 is 29.8 Å². The molecule has 12 nitrogen and oxygen atoms in total. The number of amides is 1. The summed E-state index contributed by atoms with van der Waals surface area (Å²) in [5.74, 6) is 3.11. The summed E-state index contributed by atoms with van der Waals surface area (Å²) < 4.78 is 10.1. The average Bonchev–Trinajstić information content (AvgIpc) is 3.45. The third kappa shape index (κ3) is 4.26. The fourth-order valence-corrected chi connectivity index (χ4v) is 6.99. The Morgan fingerprint density at radius 3 is 2.64 bits per heavy atom. The molecule has 3 N–H and O–H groups in total. The molecule has 1 saturated heterocycles. The maximum Gasteiger partial charge on any atom is 0.254 e. The van der Waals surface area contributed by atoms with Crippen LogP contribution in [0.5, 0.6) is 5.75 Å². The van der Waals surface area contributed by atoms with Crippen molar-refractivity contribution in [2.24, 2.45) is 24.6 Å². The summed E-state index contributed by atoms with van der Waals surface area (Å²) in [6.07, 6.45) is 7.56. The van der Waals surface area contributed by atoms with Gasteiger partial charge in [0.15, 0.2) is 5.82 Å². The molecule has 3 unspecified atom stereocenters. The van der Waals surface area contributed by atoms with Gasteiger partial charge in [-0.3, -0.25) is 4.79 Å². The minimum Gasteiger partial charge on any atom is -0.494 e. The SMILES string of the molecule is COc1cc(C(=O)N2CC3CCC2C3N)cc2nc(-c3cc4ccc(Nc5cnc(C#N)nc5)nc4n3CC3CC3)n(C)c12. The van der Waals surface area contributed by atoms with Crippen LogP contribution in [0.15, 0.2) is 42.7 Å². The van der Waals surface area contributed by atoms with Gasteiger partial charge in [0, 0.05) is 43.2 Å². The number of aryl methyl sites for hydroxylation is 1. The van der Waals surface area contributed by atoms with Crippen molar-refractivity contribution in [2.45, 2.75) is 44.3 Å². The Balaban J connectivity index is 1.19. The number of likely N-dealkylation sites (tertiary alicyclic amines) is 1. The van der Waals surface area contributed by atoms with Crippen LogP contribution in [0.25, 0.3) is 33.6 Å². The standard InChI is InChI=1S/C32H32N10O2/c1-40-29-22(9-20(11-25(29)44-2)32(43)42-16-19-5-7-23(42)28(19)34)38-31(40)24-10-18-6-8-26(37-21-13-35-27(12-33)36-14-21)39-30(18)41(24)15-17-3-4-17/h6,8-11,13-14,17,19,23,28H,3-5,7,15-16,34H2,1-2H3,(H,37,39). The average molecular weight is 589 g/mol. The minimum absolute atomic E-state index is 0.0141. The van der Waals surface area contributed by atoms with Gasteiger partial charge in [0.1, 0.15) is 28.8 Å². The van der Waals surface area contributed by atoms with E-state index < -0.39 is 0 Å². The van der Waals surface area contributed by atoms with Crippen molar-refractivity contribution in [3.8, 4) is 23.3 Å². The van der Waals surface area contributed by atoms with Gasteiger partial charge in [-0.05, 0) is 67.9 Å². The number of nitrogens with two attached hydrogens (primary N) is 1. The Bertz CT molecular complexity index is 1980. The molecule has 3 atom stereocenters. The molecule has 5 heterocycles. The number of anilines is 2. The van der Waals surface area contributed by atoms with Gasteiger partial charge in [0.25, 0.3) is 5.91 Å². The van der Waals surface area contributed by atoms with Crippen LogP contribution in [0.2, 0.25) is 0 Å². The molecule has 3 aliphatic rings. The first kappa shape index (κ1) is 26.6. The number of carbonyl (C=O) groups is 1. The zero-order valence-corrected chi connectivity index (χ0v) is 24.6. The van der Waals surface area contributed by atoms with Gasteiger partial charge in [-0.25, -0.2) is 19.9 Å². The molecule has 2 saturated carbocycles. The Labute approximate surface area is 253 Å². The predicted octanol–water partition coefficient (Wildman–Crippen LogP) is 3.98. The summed E-state index contributed by atoms with van der Waals surface area (Å²) in [6, 6.07) is 11.9. The lowest BCUT2D eigenvalue weighted by atomic mass is 10.1. The molecule has 1 aliphatic heterocycles. The number of nitrogens with one attached hydrogen (secondary N) is 1. The van der Waals surface area contributed by atoms with Crippen molar-refractivity contribution >= 4 is 39.5 Å². The van der Waals surface area contributed by atoms with Crippen LogP contribution < -0.4 is 15.8 Å². The second kappa shape index (κ2) is 10.0. The summed E-state index contributed by atoms with van der Waals surface area (Å²) in [4.78, 5) is 33.8. The number of piperidine rings is 1. The molecular formula is C32H32N10O2. The smallest absolute Gasteiger partial charge is 0.254 e. The third-order valence-electron chi connectivity index (χ3n) is 9.45. The lowest BCUT2D eigenvalue weighted by Gasteiger charge is -2.27. The van der Waals surface area contributed by atoms with Crippen LogP contribution in [-0.4, -0.2) is 65.6 Å². The number of carbonyl (C=O) groups excluding carboxylic acids is 1. The Kier molecular flexibility index (Phi) is 6.06.